The van der Waals surface area contributed by atoms with Crippen molar-refractivity contribution in [1.29, 1.82) is 0 Å². The molecule has 0 aliphatic heterocycles. The molecule has 2 aromatic rings. The summed E-state index contributed by atoms with van der Waals surface area (Å²) < 4.78 is 0. The standard InChI is InChI=1S/C19H22N2/c1-3-5-6-7-17-8-10-18(11-9-17)12-13-19-20-14-16(4-2)15-21-19/h8-11,14-15H,3-7H2,1-2H3. The third-order valence-corrected chi connectivity index (χ3v) is 3.46. The van der Waals surface area contributed by atoms with Gasteiger partial charge in [0, 0.05) is 18.0 Å². The first-order chi connectivity index (χ1) is 10.3. The van der Waals surface area contributed by atoms with Gasteiger partial charge in [0.2, 0.25) is 5.82 Å². The van der Waals surface area contributed by atoms with Crippen LogP contribution in [0.3, 0.4) is 0 Å². The molecule has 0 aliphatic rings. The predicted molar refractivity (Wildman–Crippen MR) is 87.1 cm³/mol. The van der Waals surface area contributed by atoms with Gasteiger partial charge in [0.05, 0.1) is 0 Å². The van der Waals surface area contributed by atoms with Crippen LogP contribution in [0.1, 0.15) is 55.6 Å². The highest BCUT2D eigenvalue weighted by atomic mass is 14.8. The minimum Gasteiger partial charge on any atom is -0.229 e. The quantitative estimate of drug-likeness (QED) is 0.606. The molecule has 0 aliphatic carbocycles. The van der Waals surface area contributed by atoms with E-state index in [4.69, 9.17) is 0 Å². The fourth-order valence-electron chi connectivity index (χ4n) is 2.06. The van der Waals surface area contributed by atoms with Gasteiger partial charge in [-0.2, -0.15) is 0 Å². The lowest BCUT2D eigenvalue weighted by atomic mass is 10.1. The molecule has 0 saturated heterocycles. The van der Waals surface area contributed by atoms with Crippen LogP contribution in [0.15, 0.2) is 36.7 Å². The van der Waals surface area contributed by atoms with Crippen molar-refractivity contribution in [2.75, 3.05) is 0 Å². The van der Waals surface area contributed by atoms with Gasteiger partial charge < -0.3 is 0 Å². The van der Waals surface area contributed by atoms with Crippen molar-refractivity contribution in [3.05, 3.63) is 59.2 Å². The molecular weight excluding hydrogens is 256 g/mol. The van der Waals surface area contributed by atoms with Gasteiger partial charge in [0.15, 0.2) is 0 Å². The Labute approximate surface area is 127 Å². The predicted octanol–water partition coefficient (Wildman–Crippen LogP) is 4.17. The van der Waals surface area contributed by atoms with E-state index in [-0.39, 0.29) is 0 Å². The molecule has 21 heavy (non-hydrogen) atoms. The number of nitrogens with zero attached hydrogens (tertiary/aromatic N) is 2. The summed E-state index contributed by atoms with van der Waals surface area (Å²) in [4.78, 5) is 8.49. The highest BCUT2D eigenvalue weighted by Crippen LogP contribution is 2.08. The number of unbranched alkanes of at least 4 members (excludes halogenated alkanes) is 2. The Balaban J connectivity index is 1.98. The number of rotatable bonds is 5. The second kappa shape index (κ2) is 8.21. The molecule has 0 unspecified atom stereocenters. The molecule has 1 aromatic carbocycles. The van der Waals surface area contributed by atoms with Crippen molar-refractivity contribution < 1.29 is 0 Å². The summed E-state index contributed by atoms with van der Waals surface area (Å²) in [6.07, 6.45) is 9.62. The Morgan fingerprint density at radius 1 is 0.857 bits per heavy atom. The van der Waals surface area contributed by atoms with Crippen LogP contribution < -0.4 is 0 Å². The Kier molecular flexibility index (Phi) is 5.97. The van der Waals surface area contributed by atoms with Crippen LogP contribution >= 0.6 is 0 Å². The van der Waals surface area contributed by atoms with Crippen LogP contribution in [0.2, 0.25) is 0 Å². The molecule has 0 bridgehead atoms. The maximum absolute atomic E-state index is 4.25. The zero-order chi connectivity index (χ0) is 14.9. The third kappa shape index (κ3) is 5.04. The maximum atomic E-state index is 4.25. The van der Waals surface area contributed by atoms with Crippen molar-refractivity contribution in [2.24, 2.45) is 0 Å². The van der Waals surface area contributed by atoms with E-state index in [0.717, 1.165) is 24.0 Å². The van der Waals surface area contributed by atoms with Gasteiger partial charge in [-0.1, -0.05) is 44.7 Å². The molecule has 108 valence electrons. The second-order valence-corrected chi connectivity index (χ2v) is 5.17. The van der Waals surface area contributed by atoms with Gasteiger partial charge in [-0.05, 0) is 48.4 Å². The number of aromatic nitrogens is 2. The van der Waals surface area contributed by atoms with Crippen molar-refractivity contribution in [2.45, 2.75) is 46.0 Å². The minimum atomic E-state index is 0.583. The van der Waals surface area contributed by atoms with E-state index in [2.05, 4.69) is 59.9 Å². The second-order valence-electron chi connectivity index (χ2n) is 5.17. The van der Waals surface area contributed by atoms with Crippen molar-refractivity contribution >= 4 is 0 Å². The third-order valence-electron chi connectivity index (χ3n) is 3.46. The lowest BCUT2D eigenvalue weighted by Crippen LogP contribution is -1.91. The van der Waals surface area contributed by atoms with Crippen LogP contribution in [-0.4, -0.2) is 9.97 Å². The van der Waals surface area contributed by atoms with E-state index in [1.807, 2.05) is 12.4 Å². The van der Waals surface area contributed by atoms with Crippen LogP contribution in [0.4, 0.5) is 0 Å². The largest absolute Gasteiger partial charge is 0.229 e. The summed E-state index contributed by atoms with van der Waals surface area (Å²) in [5.74, 6) is 6.71. The first-order valence-corrected chi connectivity index (χ1v) is 7.73. The topological polar surface area (TPSA) is 25.8 Å². The molecule has 0 N–H and O–H groups in total. The van der Waals surface area contributed by atoms with E-state index < -0.39 is 0 Å². The first kappa shape index (κ1) is 15.3. The molecule has 2 nitrogen and oxygen atoms in total. The van der Waals surface area contributed by atoms with Gasteiger partial charge in [-0.3, -0.25) is 0 Å². The Morgan fingerprint density at radius 3 is 2.19 bits per heavy atom. The SMILES string of the molecule is CCCCCc1ccc(C#Cc2ncc(CC)cn2)cc1. The monoisotopic (exact) mass is 278 g/mol. The van der Waals surface area contributed by atoms with E-state index in [0.29, 0.717) is 5.82 Å². The van der Waals surface area contributed by atoms with E-state index in [1.54, 1.807) is 0 Å². The smallest absolute Gasteiger partial charge is 0.205 e. The summed E-state index contributed by atoms with van der Waals surface area (Å²) in [6, 6.07) is 8.49. The molecule has 1 heterocycles. The minimum absolute atomic E-state index is 0.583. The molecule has 0 amide bonds. The number of benzene rings is 1. The number of aryl methyl sites for hydroxylation is 2. The maximum Gasteiger partial charge on any atom is 0.205 e. The fourth-order valence-corrected chi connectivity index (χ4v) is 2.06. The van der Waals surface area contributed by atoms with Crippen molar-refractivity contribution in [3.63, 3.8) is 0 Å². The van der Waals surface area contributed by atoms with Gasteiger partial charge in [-0.15, -0.1) is 0 Å². The van der Waals surface area contributed by atoms with Crippen LogP contribution in [-0.2, 0) is 12.8 Å². The first-order valence-electron chi connectivity index (χ1n) is 7.73. The van der Waals surface area contributed by atoms with Gasteiger partial charge >= 0.3 is 0 Å². The summed E-state index contributed by atoms with van der Waals surface area (Å²) in [6.45, 7) is 4.32. The van der Waals surface area contributed by atoms with Gasteiger partial charge in [-0.25, -0.2) is 9.97 Å². The Hall–Kier alpha value is -2.14. The molecule has 1 aromatic heterocycles. The van der Waals surface area contributed by atoms with E-state index in [1.165, 1.54) is 24.8 Å². The fraction of sp³-hybridized carbons (Fsp3) is 0.368. The molecule has 0 fully saturated rings. The van der Waals surface area contributed by atoms with Crippen LogP contribution in [0.5, 0.6) is 0 Å². The highest BCUT2D eigenvalue weighted by molar-refractivity contribution is 5.39. The Bertz CT molecular complexity index is 601. The van der Waals surface area contributed by atoms with E-state index in [9.17, 15) is 0 Å². The Morgan fingerprint density at radius 2 is 1.57 bits per heavy atom. The van der Waals surface area contributed by atoms with Crippen molar-refractivity contribution in [1.82, 2.24) is 9.97 Å². The molecule has 0 spiro atoms. The molecule has 0 saturated carbocycles. The van der Waals surface area contributed by atoms with Gasteiger partial charge in [0.1, 0.15) is 0 Å². The lowest BCUT2D eigenvalue weighted by Gasteiger charge is -2.00. The lowest BCUT2D eigenvalue weighted by molar-refractivity contribution is 0.717. The highest BCUT2D eigenvalue weighted by Gasteiger charge is 1.94. The van der Waals surface area contributed by atoms with Crippen LogP contribution in [0, 0.1) is 11.8 Å². The average molecular weight is 278 g/mol. The van der Waals surface area contributed by atoms with Crippen LogP contribution in [0.25, 0.3) is 0 Å². The molecule has 2 rings (SSSR count). The van der Waals surface area contributed by atoms with E-state index >= 15 is 0 Å². The number of hydrogen-bond acceptors (Lipinski definition) is 2. The van der Waals surface area contributed by atoms with Gasteiger partial charge in [0.25, 0.3) is 0 Å². The summed E-state index contributed by atoms with van der Waals surface area (Å²) in [5.41, 5.74) is 3.53. The number of hydrogen-bond donors (Lipinski definition) is 0. The summed E-state index contributed by atoms with van der Waals surface area (Å²) >= 11 is 0. The molecule has 0 radical (unpaired) electrons. The average Bonchev–Trinajstić information content (AvgIpc) is 2.55. The normalized spacial score (nSPS) is 10.0. The van der Waals surface area contributed by atoms with Crippen molar-refractivity contribution in [3.8, 4) is 11.8 Å². The molecule has 0 atom stereocenters. The summed E-state index contributed by atoms with van der Waals surface area (Å²) in [7, 11) is 0. The molecular formula is C19H22N2. The zero-order valence-electron chi connectivity index (χ0n) is 12.9. The zero-order valence-corrected chi connectivity index (χ0v) is 12.9. The molecule has 2 heteroatoms. The summed E-state index contributed by atoms with van der Waals surface area (Å²) in [5, 5.41) is 0.